The Balaban J connectivity index is 1.39. The average molecular weight is 339 g/mol. The molecule has 0 radical (unpaired) electrons. The van der Waals surface area contributed by atoms with Gasteiger partial charge in [-0.3, -0.25) is 0 Å². The second-order valence-electron chi connectivity index (χ2n) is 7.27. The third kappa shape index (κ3) is 3.43. The van der Waals surface area contributed by atoms with Gasteiger partial charge in [-0.2, -0.15) is 0 Å². The molecule has 2 aromatic carbocycles. The topological polar surface area (TPSA) is 52.9 Å². The summed E-state index contributed by atoms with van der Waals surface area (Å²) < 4.78 is 6.32. The lowest BCUT2D eigenvalue weighted by Gasteiger charge is -2.46. The number of aliphatic hydroxyl groups excluding tert-OH is 2. The summed E-state index contributed by atoms with van der Waals surface area (Å²) in [5.74, 6) is 0.819. The number of hydrogen-bond acceptors (Lipinski definition) is 4. The number of rotatable bonds is 3. The fraction of sp³-hybridized carbons (Fsp3) is 0.429. The van der Waals surface area contributed by atoms with Gasteiger partial charge in [-0.1, -0.05) is 48.5 Å². The molecule has 2 N–H and O–H groups in total. The molecule has 4 rings (SSSR count). The highest BCUT2D eigenvalue weighted by atomic mass is 16.5. The third-order valence-electron chi connectivity index (χ3n) is 5.55. The van der Waals surface area contributed by atoms with Gasteiger partial charge in [-0.05, 0) is 24.5 Å². The molecular weight excluding hydrogens is 314 g/mol. The molecule has 1 fully saturated rings. The first-order valence-corrected chi connectivity index (χ1v) is 9.07. The number of hydrogen-bond donors (Lipinski definition) is 2. The van der Waals surface area contributed by atoms with E-state index in [9.17, 15) is 10.2 Å². The third-order valence-corrected chi connectivity index (χ3v) is 5.55. The Morgan fingerprint density at radius 3 is 2.48 bits per heavy atom. The van der Waals surface area contributed by atoms with E-state index in [1.807, 2.05) is 54.6 Å². The smallest absolute Gasteiger partial charge is 0.125 e. The highest BCUT2D eigenvalue weighted by molar-refractivity contribution is 5.38. The molecule has 0 unspecified atom stereocenters. The molecule has 1 saturated heterocycles. The number of aliphatic hydroxyl groups is 2. The maximum absolute atomic E-state index is 10.5. The van der Waals surface area contributed by atoms with Crippen LogP contribution >= 0.6 is 0 Å². The number of ether oxygens (including phenoxy) is 1. The predicted octanol–water partition coefficient (Wildman–Crippen LogP) is 3.07. The first kappa shape index (κ1) is 16.6. The molecule has 4 nitrogen and oxygen atoms in total. The first-order valence-electron chi connectivity index (χ1n) is 9.07. The van der Waals surface area contributed by atoms with Gasteiger partial charge in [-0.15, -0.1) is 0 Å². The maximum Gasteiger partial charge on any atom is 0.125 e. The standard InChI is InChI=1S/C21H25NO3/c23-18-14-21(25-20-9-5-4-8-17(18)20)10-12-22(13-11-21)15-19(24)16-6-2-1-3-7-16/h1-9,18-19,23-24H,10-15H2/t18-,19-/m0/s1. The molecule has 25 heavy (non-hydrogen) atoms. The van der Waals surface area contributed by atoms with Gasteiger partial charge in [0.15, 0.2) is 0 Å². The Morgan fingerprint density at radius 1 is 1.04 bits per heavy atom. The van der Waals surface area contributed by atoms with Crippen LogP contribution in [-0.4, -0.2) is 40.3 Å². The molecule has 2 aliphatic heterocycles. The minimum Gasteiger partial charge on any atom is -0.487 e. The van der Waals surface area contributed by atoms with Crippen LogP contribution in [-0.2, 0) is 0 Å². The van der Waals surface area contributed by atoms with Gasteiger partial charge >= 0.3 is 0 Å². The molecule has 0 saturated carbocycles. The van der Waals surface area contributed by atoms with Crippen molar-refractivity contribution in [1.29, 1.82) is 0 Å². The van der Waals surface area contributed by atoms with Crippen LogP contribution in [0.4, 0.5) is 0 Å². The average Bonchev–Trinajstić information content (AvgIpc) is 2.64. The summed E-state index contributed by atoms with van der Waals surface area (Å²) in [5.41, 5.74) is 1.58. The molecule has 2 aromatic rings. The molecule has 1 spiro atoms. The van der Waals surface area contributed by atoms with Gasteiger partial charge in [0, 0.05) is 31.6 Å². The van der Waals surface area contributed by atoms with E-state index in [1.165, 1.54) is 0 Å². The van der Waals surface area contributed by atoms with E-state index < -0.39 is 12.2 Å². The number of fused-ring (bicyclic) bond motifs is 1. The summed E-state index contributed by atoms with van der Waals surface area (Å²) in [6.07, 6.45) is 1.49. The van der Waals surface area contributed by atoms with Crippen molar-refractivity contribution in [2.24, 2.45) is 0 Å². The zero-order chi connectivity index (χ0) is 17.3. The lowest BCUT2D eigenvalue weighted by atomic mass is 9.81. The van der Waals surface area contributed by atoms with Gasteiger partial charge in [0.25, 0.3) is 0 Å². The normalized spacial score (nSPS) is 23.7. The van der Waals surface area contributed by atoms with E-state index in [0.717, 1.165) is 42.8 Å². The van der Waals surface area contributed by atoms with Crippen molar-refractivity contribution in [3.63, 3.8) is 0 Å². The van der Waals surface area contributed by atoms with Crippen LogP contribution in [0.25, 0.3) is 0 Å². The molecule has 0 aliphatic carbocycles. The highest BCUT2D eigenvalue weighted by Gasteiger charge is 2.42. The van der Waals surface area contributed by atoms with Crippen LogP contribution in [0.2, 0.25) is 0 Å². The molecule has 0 aromatic heterocycles. The van der Waals surface area contributed by atoms with E-state index in [1.54, 1.807) is 0 Å². The van der Waals surface area contributed by atoms with Crippen LogP contribution in [0, 0.1) is 0 Å². The minimum absolute atomic E-state index is 0.276. The zero-order valence-electron chi connectivity index (χ0n) is 14.3. The van der Waals surface area contributed by atoms with Crippen LogP contribution in [0.1, 0.15) is 42.6 Å². The van der Waals surface area contributed by atoms with E-state index in [2.05, 4.69) is 4.90 Å². The van der Waals surface area contributed by atoms with Crippen molar-refractivity contribution in [3.05, 3.63) is 65.7 Å². The number of benzene rings is 2. The molecule has 132 valence electrons. The zero-order valence-corrected chi connectivity index (χ0v) is 14.3. The summed E-state index contributed by atoms with van der Waals surface area (Å²) in [6.45, 7) is 2.39. The number of para-hydroxylation sites is 1. The van der Waals surface area contributed by atoms with Gasteiger partial charge in [0.2, 0.25) is 0 Å². The van der Waals surface area contributed by atoms with Crippen molar-refractivity contribution in [3.8, 4) is 5.75 Å². The largest absolute Gasteiger partial charge is 0.487 e. The summed E-state index contributed by atoms with van der Waals surface area (Å²) in [7, 11) is 0. The molecule has 2 aliphatic rings. The Kier molecular flexibility index (Phi) is 4.50. The monoisotopic (exact) mass is 339 g/mol. The van der Waals surface area contributed by atoms with Crippen molar-refractivity contribution in [2.75, 3.05) is 19.6 Å². The quantitative estimate of drug-likeness (QED) is 0.902. The lowest BCUT2D eigenvalue weighted by molar-refractivity contribution is -0.0587. The summed E-state index contributed by atoms with van der Waals surface area (Å²) in [5, 5.41) is 20.9. The lowest BCUT2D eigenvalue weighted by Crippen LogP contribution is -2.51. The van der Waals surface area contributed by atoms with Crippen molar-refractivity contribution >= 4 is 0 Å². The fourth-order valence-electron chi connectivity index (χ4n) is 4.06. The van der Waals surface area contributed by atoms with Gasteiger partial charge in [-0.25, -0.2) is 0 Å². The molecular formula is C21H25NO3. The maximum atomic E-state index is 10.5. The Hall–Kier alpha value is -1.88. The molecule has 0 amide bonds. The van der Waals surface area contributed by atoms with E-state index in [4.69, 9.17) is 4.74 Å². The predicted molar refractivity (Wildman–Crippen MR) is 96.5 cm³/mol. The Labute approximate surface area is 148 Å². The fourth-order valence-corrected chi connectivity index (χ4v) is 4.06. The molecule has 0 bridgehead atoms. The van der Waals surface area contributed by atoms with Crippen LogP contribution in [0.15, 0.2) is 54.6 Å². The molecule has 2 atom stereocenters. The molecule has 4 heteroatoms. The van der Waals surface area contributed by atoms with Gasteiger partial charge in [0.1, 0.15) is 11.4 Å². The van der Waals surface area contributed by atoms with Crippen LogP contribution in [0.3, 0.4) is 0 Å². The number of piperidine rings is 1. The van der Waals surface area contributed by atoms with Crippen molar-refractivity contribution in [1.82, 2.24) is 4.90 Å². The highest BCUT2D eigenvalue weighted by Crippen LogP contribution is 2.44. The number of nitrogens with zero attached hydrogens (tertiary/aromatic N) is 1. The summed E-state index contributed by atoms with van der Waals surface area (Å²) >= 11 is 0. The summed E-state index contributed by atoms with van der Waals surface area (Å²) in [6, 6.07) is 17.6. The van der Waals surface area contributed by atoms with Gasteiger partial charge in [0.05, 0.1) is 12.2 Å². The van der Waals surface area contributed by atoms with E-state index >= 15 is 0 Å². The Morgan fingerprint density at radius 2 is 1.72 bits per heavy atom. The van der Waals surface area contributed by atoms with Crippen molar-refractivity contribution < 1.29 is 14.9 Å². The number of likely N-dealkylation sites (tertiary alicyclic amines) is 1. The second kappa shape index (κ2) is 6.79. The van der Waals surface area contributed by atoms with E-state index in [-0.39, 0.29) is 5.60 Å². The van der Waals surface area contributed by atoms with Gasteiger partial charge < -0.3 is 19.8 Å². The Bertz CT molecular complexity index is 710. The SMILES string of the molecule is O[C@@H](CN1CCC2(CC1)C[C@H](O)c1ccccc1O2)c1ccccc1. The van der Waals surface area contributed by atoms with Crippen LogP contribution < -0.4 is 4.74 Å². The second-order valence-corrected chi connectivity index (χ2v) is 7.27. The molecule has 2 heterocycles. The number of β-amino-alcohol motifs (C(OH)–C–C–N with tert-alkyl or cyclic N) is 1. The first-order chi connectivity index (χ1) is 12.2. The summed E-state index contributed by atoms with van der Waals surface area (Å²) in [4.78, 5) is 2.29. The van der Waals surface area contributed by atoms with Crippen LogP contribution in [0.5, 0.6) is 5.75 Å². The van der Waals surface area contributed by atoms with Crippen molar-refractivity contribution in [2.45, 2.75) is 37.1 Å². The minimum atomic E-state index is -0.464. The van der Waals surface area contributed by atoms with E-state index in [0.29, 0.717) is 13.0 Å².